The van der Waals surface area contributed by atoms with Gasteiger partial charge in [-0.2, -0.15) is 0 Å². The topological polar surface area (TPSA) is 71.7 Å². The Balaban J connectivity index is 2.70. The van der Waals surface area contributed by atoms with E-state index in [0.717, 1.165) is 4.47 Å². The highest BCUT2D eigenvalue weighted by atomic mass is 79.9. The first-order valence-electron chi connectivity index (χ1n) is 4.88. The second kappa shape index (κ2) is 4.29. The number of rotatable bonds is 3. The van der Waals surface area contributed by atoms with Crippen LogP contribution in [-0.2, 0) is 11.2 Å². The molecular formula is C11H9BrN2O3. The number of hydrogen-bond acceptors (Lipinski definition) is 3. The molecule has 0 amide bonds. The number of carboxylic acids is 1. The lowest BCUT2D eigenvalue weighted by Gasteiger charge is -1.99. The van der Waals surface area contributed by atoms with E-state index in [2.05, 4.69) is 20.9 Å². The molecule has 6 heteroatoms. The third-order valence-corrected chi connectivity index (χ3v) is 2.75. The maximum Gasteiger partial charge on any atom is 0.356 e. The van der Waals surface area contributed by atoms with Gasteiger partial charge < -0.3 is 9.51 Å². The van der Waals surface area contributed by atoms with Crippen LogP contribution in [0.15, 0.2) is 22.8 Å². The number of aromatic nitrogens is 2. The SMILES string of the molecule is CC(=O)Cc1nc(C(=O)O)c2ccc(Br)cn12. The van der Waals surface area contributed by atoms with Crippen molar-refractivity contribution in [2.45, 2.75) is 13.3 Å². The van der Waals surface area contributed by atoms with Gasteiger partial charge in [-0.05, 0) is 35.0 Å². The first-order valence-corrected chi connectivity index (χ1v) is 5.67. The molecule has 2 aromatic heterocycles. The Bertz CT molecular complexity index is 618. The average Bonchev–Trinajstić information content (AvgIpc) is 2.56. The molecular weight excluding hydrogens is 288 g/mol. The van der Waals surface area contributed by atoms with Gasteiger partial charge in [0.1, 0.15) is 11.6 Å². The predicted molar refractivity (Wildman–Crippen MR) is 64.2 cm³/mol. The summed E-state index contributed by atoms with van der Waals surface area (Å²) in [6.07, 6.45) is 1.82. The van der Waals surface area contributed by atoms with E-state index < -0.39 is 5.97 Å². The smallest absolute Gasteiger partial charge is 0.356 e. The largest absolute Gasteiger partial charge is 0.476 e. The summed E-state index contributed by atoms with van der Waals surface area (Å²) >= 11 is 3.30. The highest BCUT2D eigenvalue weighted by molar-refractivity contribution is 9.10. The number of hydrogen-bond donors (Lipinski definition) is 1. The minimum atomic E-state index is -1.10. The van der Waals surface area contributed by atoms with Gasteiger partial charge >= 0.3 is 5.97 Å². The van der Waals surface area contributed by atoms with Crippen molar-refractivity contribution in [3.05, 3.63) is 34.3 Å². The monoisotopic (exact) mass is 296 g/mol. The van der Waals surface area contributed by atoms with Gasteiger partial charge in [-0.25, -0.2) is 9.78 Å². The molecule has 0 unspecified atom stereocenters. The molecule has 0 spiro atoms. The number of aromatic carboxylic acids is 1. The van der Waals surface area contributed by atoms with Gasteiger partial charge in [-0.15, -0.1) is 0 Å². The minimum Gasteiger partial charge on any atom is -0.476 e. The van der Waals surface area contributed by atoms with Gasteiger partial charge in [-0.3, -0.25) is 4.79 Å². The molecule has 17 heavy (non-hydrogen) atoms. The Kier molecular flexibility index (Phi) is 2.97. The van der Waals surface area contributed by atoms with Crippen LogP contribution < -0.4 is 0 Å². The van der Waals surface area contributed by atoms with Crippen molar-refractivity contribution in [2.24, 2.45) is 0 Å². The fourth-order valence-electron chi connectivity index (χ4n) is 1.63. The molecule has 0 saturated heterocycles. The van der Waals surface area contributed by atoms with Gasteiger partial charge in [0.05, 0.1) is 11.9 Å². The Labute approximate surface area is 105 Å². The van der Waals surface area contributed by atoms with E-state index in [1.54, 1.807) is 22.7 Å². The summed E-state index contributed by atoms with van der Waals surface area (Å²) in [6.45, 7) is 1.44. The number of carbonyl (C=O) groups excluding carboxylic acids is 1. The van der Waals surface area contributed by atoms with Crippen LogP contribution in [0.3, 0.4) is 0 Å². The lowest BCUT2D eigenvalue weighted by atomic mass is 10.3. The predicted octanol–water partition coefficient (Wildman–Crippen LogP) is 1.93. The molecule has 2 aromatic rings. The molecule has 2 rings (SSSR count). The number of imidazole rings is 1. The van der Waals surface area contributed by atoms with Crippen LogP contribution in [0.1, 0.15) is 23.2 Å². The number of nitrogens with zero attached hydrogens (tertiary/aromatic N) is 2. The van der Waals surface area contributed by atoms with Crippen LogP contribution in [0, 0.1) is 0 Å². The number of carbonyl (C=O) groups is 2. The van der Waals surface area contributed by atoms with Crippen molar-refractivity contribution in [1.29, 1.82) is 0 Å². The zero-order valence-electron chi connectivity index (χ0n) is 8.98. The molecule has 5 nitrogen and oxygen atoms in total. The van der Waals surface area contributed by atoms with Crippen LogP contribution in [0.2, 0.25) is 0 Å². The molecule has 0 aliphatic carbocycles. The number of Topliss-reactive ketones (excluding diaryl/α,β-unsaturated/α-hetero) is 1. The molecule has 0 saturated carbocycles. The quantitative estimate of drug-likeness (QED) is 0.939. The molecule has 0 aliphatic rings. The number of ketones is 1. The van der Waals surface area contributed by atoms with Crippen molar-refractivity contribution >= 4 is 33.2 Å². The van der Waals surface area contributed by atoms with Crippen LogP contribution >= 0.6 is 15.9 Å². The maximum atomic E-state index is 11.1. The van der Waals surface area contributed by atoms with Crippen LogP contribution in [0.5, 0.6) is 0 Å². The first-order chi connectivity index (χ1) is 7.99. The standard InChI is InChI=1S/C11H9BrN2O3/c1-6(15)4-9-13-10(11(16)17)8-3-2-7(12)5-14(8)9/h2-3,5H,4H2,1H3,(H,16,17). The summed E-state index contributed by atoms with van der Waals surface area (Å²) in [5, 5.41) is 9.03. The van der Waals surface area contributed by atoms with Crippen LogP contribution in [0.25, 0.3) is 5.52 Å². The number of halogens is 1. The summed E-state index contributed by atoms with van der Waals surface area (Å²) in [4.78, 5) is 26.1. The molecule has 0 radical (unpaired) electrons. The Morgan fingerprint density at radius 3 is 2.76 bits per heavy atom. The Morgan fingerprint density at radius 1 is 1.47 bits per heavy atom. The third-order valence-electron chi connectivity index (χ3n) is 2.28. The number of fused-ring (bicyclic) bond motifs is 1. The molecule has 2 heterocycles. The fraction of sp³-hybridized carbons (Fsp3) is 0.182. The van der Waals surface area contributed by atoms with E-state index in [4.69, 9.17) is 5.11 Å². The van der Waals surface area contributed by atoms with Crippen molar-refractivity contribution < 1.29 is 14.7 Å². The minimum absolute atomic E-state index is 0.0336. The second-order valence-electron chi connectivity index (χ2n) is 3.66. The zero-order valence-corrected chi connectivity index (χ0v) is 10.6. The van der Waals surface area contributed by atoms with Crippen molar-refractivity contribution in [3.63, 3.8) is 0 Å². The van der Waals surface area contributed by atoms with Gasteiger partial charge in [0, 0.05) is 10.7 Å². The highest BCUT2D eigenvalue weighted by Crippen LogP contribution is 2.18. The van der Waals surface area contributed by atoms with E-state index in [1.807, 2.05) is 0 Å². The summed E-state index contributed by atoms with van der Waals surface area (Å²) < 4.78 is 2.42. The summed E-state index contributed by atoms with van der Waals surface area (Å²) in [6, 6.07) is 3.39. The van der Waals surface area contributed by atoms with Crippen molar-refractivity contribution in [3.8, 4) is 0 Å². The summed E-state index contributed by atoms with van der Waals surface area (Å²) in [5.74, 6) is -0.723. The number of pyridine rings is 1. The second-order valence-corrected chi connectivity index (χ2v) is 4.58. The molecule has 0 bridgehead atoms. The summed E-state index contributed by atoms with van der Waals surface area (Å²) in [7, 11) is 0. The molecule has 0 aliphatic heterocycles. The normalized spacial score (nSPS) is 10.7. The van der Waals surface area contributed by atoms with E-state index in [0.29, 0.717) is 11.3 Å². The van der Waals surface area contributed by atoms with Crippen LogP contribution in [-0.4, -0.2) is 26.2 Å². The van der Waals surface area contributed by atoms with E-state index in [1.165, 1.54) is 6.92 Å². The van der Waals surface area contributed by atoms with E-state index >= 15 is 0 Å². The number of carboxylic acid groups (broad SMARTS) is 1. The van der Waals surface area contributed by atoms with Crippen LogP contribution in [0.4, 0.5) is 0 Å². The lowest BCUT2D eigenvalue weighted by molar-refractivity contribution is -0.116. The first kappa shape index (κ1) is 11.8. The zero-order chi connectivity index (χ0) is 12.6. The lowest BCUT2D eigenvalue weighted by Crippen LogP contribution is -2.02. The van der Waals surface area contributed by atoms with Gasteiger partial charge in [0.15, 0.2) is 5.69 Å². The van der Waals surface area contributed by atoms with E-state index in [-0.39, 0.29) is 17.9 Å². The molecule has 0 atom stereocenters. The van der Waals surface area contributed by atoms with Crippen molar-refractivity contribution in [2.75, 3.05) is 0 Å². The van der Waals surface area contributed by atoms with Gasteiger partial charge in [0.2, 0.25) is 0 Å². The third kappa shape index (κ3) is 2.21. The molecule has 88 valence electrons. The van der Waals surface area contributed by atoms with Gasteiger partial charge in [-0.1, -0.05) is 0 Å². The van der Waals surface area contributed by atoms with Gasteiger partial charge in [0.25, 0.3) is 0 Å². The highest BCUT2D eigenvalue weighted by Gasteiger charge is 2.17. The Morgan fingerprint density at radius 2 is 2.18 bits per heavy atom. The average molecular weight is 297 g/mol. The van der Waals surface area contributed by atoms with E-state index in [9.17, 15) is 9.59 Å². The molecule has 1 N–H and O–H groups in total. The fourth-order valence-corrected chi connectivity index (χ4v) is 1.96. The maximum absolute atomic E-state index is 11.1. The Hall–Kier alpha value is -1.69. The molecule has 0 aromatic carbocycles. The van der Waals surface area contributed by atoms with Crippen molar-refractivity contribution in [1.82, 2.24) is 9.38 Å². The summed E-state index contributed by atoms with van der Waals surface area (Å²) in [5.41, 5.74) is 0.450. The molecule has 0 fully saturated rings.